The number of para-hydroxylation sites is 2. The molecule has 0 saturated carbocycles. The van der Waals surface area contributed by atoms with E-state index in [9.17, 15) is 4.79 Å². The van der Waals surface area contributed by atoms with Crippen molar-refractivity contribution in [3.8, 4) is 0 Å². The number of hydrogen-bond donors (Lipinski definition) is 2. The Morgan fingerprint density at radius 2 is 1.62 bits per heavy atom. The molecule has 0 aromatic heterocycles. The second kappa shape index (κ2) is 5.52. The van der Waals surface area contributed by atoms with Gasteiger partial charge in [0.05, 0.1) is 17.4 Å². The van der Waals surface area contributed by atoms with E-state index in [0.717, 1.165) is 17.1 Å². The summed E-state index contributed by atoms with van der Waals surface area (Å²) < 4.78 is 0. The standard InChI is InChI=1S/C21H22N2O/c1-21(2)13-15(24)12-18-19(21)20(14-8-4-3-5-9-14)23-17-11-7-6-10-16(17)22-18/h3-11,20,22-23H,12-13H2,1-2H3. The molecule has 2 aromatic rings. The minimum Gasteiger partial charge on any atom is -0.373 e. The summed E-state index contributed by atoms with van der Waals surface area (Å²) in [7, 11) is 0. The molecular formula is C21H22N2O. The van der Waals surface area contributed by atoms with Gasteiger partial charge < -0.3 is 10.6 Å². The van der Waals surface area contributed by atoms with Gasteiger partial charge in [-0.05, 0) is 28.7 Å². The zero-order valence-corrected chi connectivity index (χ0v) is 14.1. The third-order valence-electron chi connectivity index (χ3n) is 5.00. The Balaban J connectivity index is 1.92. The fourth-order valence-corrected chi connectivity index (χ4v) is 4.03. The van der Waals surface area contributed by atoms with Gasteiger partial charge in [0.1, 0.15) is 5.78 Å². The Hall–Kier alpha value is -2.55. The summed E-state index contributed by atoms with van der Waals surface area (Å²) in [6.45, 7) is 4.35. The van der Waals surface area contributed by atoms with Crippen molar-refractivity contribution >= 4 is 17.2 Å². The zero-order valence-electron chi connectivity index (χ0n) is 14.1. The van der Waals surface area contributed by atoms with Gasteiger partial charge in [-0.1, -0.05) is 56.3 Å². The monoisotopic (exact) mass is 318 g/mol. The zero-order chi connectivity index (χ0) is 16.7. The Morgan fingerprint density at radius 1 is 0.958 bits per heavy atom. The number of anilines is 2. The van der Waals surface area contributed by atoms with Crippen LogP contribution < -0.4 is 10.6 Å². The van der Waals surface area contributed by atoms with Gasteiger partial charge in [0.25, 0.3) is 0 Å². The molecule has 3 heteroatoms. The highest BCUT2D eigenvalue weighted by Crippen LogP contribution is 2.48. The van der Waals surface area contributed by atoms with Crippen LogP contribution in [0.25, 0.3) is 0 Å². The molecule has 1 atom stereocenters. The lowest BCUT2D eigenvalue weighted by atomic mass is 9.70. The average Bonchev–Trinajstić information content (AvgIpc) is 2.71. The summed E-state index contributed by atoms with van der Waals surface area (Å²) in [5, 5.41) is 7.26. The molecule has 122 valence electrons. The maximum atomic E-state index is 12.3. The van der Waals surface area contributed by atoms with E-state index in [1.807, 2.05) is 18.2 Å². The minimum atomic E-state index is -0.173. The highest BCUT2D eigenvalue weighted by Gasteiger charge is 2.40. The number of fused-ring (bicyclic) bond motifs is 1. The molecule has 1 aliphatic heterocycles. The van der Waals surface area contributed by atoms with Crippen LogP contribution in [0, 0.1) is 5.41 Å². The molecule has 0 radical (unpaired) electrons. The van der Waals surface area contributed by atoms with Crippen LogP contribution in [0.5, 0.6) is 0 Å². The van der Waals surface area contributed by atoms with E-state index in [0.29, 0.717) is 18.6 Å². The van der Waals surface area contributed by atoms with Crippen molar-refractivity contribution in [2.75, 3.05) is 10.6 Å². The maximum Gasteiger partial charge on any atom is 0.139 e. The number of ketones is 1. The topological polar surface area (TPSA) is 41.1 Å². The van der Waals surface area contributed by atoms with Gasteiger partial charge in [0, 0.05) is 18.5 Å². The fourth-order valence-electron chi connectivity index (χ4n) is 4.03. The summed E-state index contributed by atoms with van der Waals surface area (Å²) in [6, 6.07) is 18.8. The molecule has 0 amide bonds. The van der Waals surface area contributed by atoms with Gasteiger partial charge in [0.15, 0.2) is 0 Å². The van der Waals surface area contributed by atoms with Crippen molar-refractivity contribution in [3.05, 3.63) is 71.4 Å². The van der Waals surface area contributed by atoms with Gasteiger partial charge in [-0.3, -0.25) is 4.79 Å². The average molecular weight is 318 g/mol. The Kier molecular flexibility index (Phi) is 3.45. The van der Waals surface area contributed by atoms with Gasteiger partial charge >= 0.3 is 0 Å². The van der Waals surface area contributed by atoms with E-state index >= 15 is 0 Å². The highest BCUT2D eigenvalue weighted by atomic mass is 16.1. The molecule has 2 aliphatic rings. The number of allylic oxidation sites excluding steroid dienone is 1. The number of rotatable bonds is 1. The fraction of sp³-hybridized carbons (Fsp3) is 0.286. The van der Waals surface area contributed by atoms with Crippen LogP contribution in [0.15, 0.2) is 65.9 Å². The first-order valence-corrected chi connectivity index (χ1v) is 8.47. The van der Waals surface area contributed by atoms with Crippen LogP contribution in [0.4, 0.5) is 11.4 Å². The van der Waals surface area contributed by atoms with Crippen molar-refractivity contribution in [2.24, 2.45) is 5.41 Å². The Morgan fingerprint density at radius 3 is 2.38 bits per heavy atom. The van der Waals surface area contributed by atoms with Gasteiger partial charge in [-0.2, -0.15) is 0 Å². The van der Waals surface area contributed by atoms with Gasteiger partial charge in [-0.25, -0.2) is 0 Å². The first kappa shape index (κ1) is 15.0. The summed E-state index contributed by atoms with van der Waals surface area (Å²) >= 11 is 0. The highest BCUT2D eigenvalue weighted by molar-refractivity contribution is 5.87. The number of nitrogens with one attached hydrogen (secondary N) is 2. The molecule has 0 spiro atoms. The molecular weight excluding hydrogens is 296 g/mol. The summed E-state index contributed by atoms with van der Waals surface area (Å²) in [5.41, 5.74) is 5.52. The predicted molar refractivity (Wildman–Crippen MR) is 97.9 cm³/mol. The lowest BCUT2D eigenvalue weighted by Gasteiger charge is -2.38. The smallest absolute Gasteiger partial charge is 0.139 e. The molecule has 1 unspecified atom stereocenters. The van der Waals surface area contributed by atoms with Crippen molar-refractivity contribution < 1.29 is 4.79 Å². The number of benzene rings is 2. The third kappa shape index (κ3) is 2.50. The first-order valence-electron chi connectivity index (χ1n) is 8.47. The SMILES string of the molecule is CC1(C)CC(=O)CC2=C1C(c1ccccc1)Nc1ccccc1N2. The Labute approximate surface area is 142 Å². The molecule has 4 rings (SSSR count). The van der Waals surface area contributed by atoms with Crippen LogP contribution in [0.2, 0.25) is 0 Å². The van der Waals surface area contributed by atoms with E-state index in [1.54, 1.807) is 0 Å². The molecule has 0 fully saturated rings. The number of carbonyl (C=O) groups excluding carboxylic acids is 1. The van der Waals surface area contributed by atoms with E-state index in [4.69, 9.17) is 0 Å². The number of Topliss-reactive ketones (excluding diaryl/α,β-unsaturated/α-hetero) is 1. The van der Waals surface area contributed by atoms with Crippen LogP contribution >= 0.6 is 0 Å². The summed E-state index contributed by atoms with van der Waals surface area (Å²) in [5.74, 6) is 0.303. The normalized spacial score (nSPS) is 21.9. The molecule has 2 N–H and O–H groups in total. The van der Waals surface area contributed by atoms with Crippen LogP contribution in [-0.4, -0.2) is 5.78 Å². The van der Waals surface area contributed by atoms with Crippen molar-refractivity contribution in [3.63, 3.8) is 0 Å². The van der Waals surface area contributed by atoms with E-state index in [-0.39, 0.29) is 11.5 Å². The largest absolute Gasteiger partial charge is 0.373 e. The second-order valence-corrected chi connectivity index (χ2v) is 7.33. The van der Waals surface area contributed by atoms with Crippen LogP contribution in [-0.2, 0) is 4.79 Å². The summed E-state index contributed by atoms with van der Waals surface area (Å²) in [6.07, 6.45) is 1.08. The minimum absolute atomic E-state index is 0.0699. The number of hydrogen-bond acceptors (Lipinski definition) is 3. The molecule has 3 nitrogen and oxygen atoms in total. The van der Waals surface area contributed by atoms with Crippen LogP contribution in [0.1, 0.15) is 38.3 Å². The van der Waals surface area contributed by atoms with Gasteiger partial charge in [-0.15, -0.1) is 0 Å². The molecule has 0 saturated heterocycles. The third-order valence-corrected chi connectivity index (χ3v) is 5.00. The van der Waals surface area contributed by atoms with Crippen molar-refractivity contribution in [1.82, 2.24) is 0 Å². The Bertz CT molecular complexity index is 821. The van der Waals surface area contributed by atoms with Gasteiger partial charge in [0.2, 0.25) is 0 Å². The lowest BCUT2D eigenvalue weighted by molar-refractivity contribution is -0.120. The predicted octanol–water partition coefficient (Wildman–Crippen LogP) is 4.91. The molecule has 2 aromatic carbocycles. The quantitative estimate of drug-likeness (QED) is 0.785. The second-order valence-electron chi connectivity index (χ2n) is 7.33. The molecule has 24 heavy (non-hydrogen) atoms. The summed E-state index contributed by atoms with van der Waals surface area (Å²) in [4.78, 5) is 12.3. The van der Waals surface area contributed by atoms with E-state index in [1.165, 1.54) is 11.1 Å². The molecule has 0 bridgehead atoms. The molecule has 1 heterocycles. The lowest BCUT2D eigenvalue weighted by Crippen LogP contribution is -2.33. The molecule has 1 aliphatic carbocycles. The van der Waals surface area contributed by atoms with Crippen molar-refractivity contribution in [2.45, 2.75) is 32.7 Å². The maximum absolute atomic E-state index is 12.3. The number of carbonyl (C=O) groups is 1. The first-order chi connectivity index (χ1) is 11.5. The van der Waals surface area contributed by atoms with E-state index in [2.05, 4.69) is 60.9 Å². The van der Waals surface area contributed by atoms with Crippen molar-refractivity contribution in [1.29, 1.82) is 0 Å². The van der Waals surface area contributed by atoms with E-state index < -0.39 is 0 Å². The van der Waals surface area contributed by atoms with Crippen LogP contribution in [0.3, 0.4) is 0 Å².